The number of nitrogens with zero attached hydrogens (tertiary/aromatic N) is 2. The number of nitrogens with one attached hydrogen (secondary N) is 1. The van der Waals surface area contributed by atoms with Crippen molar-refractivity contribution >= 4 is 56.8 Å². The van der Waals surface area contributed by atoms with Gasteiger partial charge in [-0.25, -0.2) is 0 Å². The van der Waals surface area contributed by atoms with Crippen molar-refractivity contribution in [2.75, 3.05) is 29.9 Å². The van der Waals surface area contributed by atoms with Crippen LogP contribution >= 0.6 is 27.7 Å². The van der Waals surface area contributed by atoms with Crippen LogP contribution in [0.3, 0.4) is 0 Å². The Labute approximate surface area is 181 Å². The van der Waals surface area contributed by atoms with Crippen molar-refractivity contribution in [3.63, 3.8) is 0 Å². The molecular weight excluding hydrogens is 454 g/mol. The van der Waals surface area contributed by atoms with Crippen LogP contribution < -0.4 is 10.2 Å². The van der Waals surface area contributed by atoms with Gasteiger partial charge in [0.1, 0.15) is 6.54 Å². The lowest BCUT2D eigenvalue weighted by Crippen LogP contribution is -2.51. The van der Waals surface area contributed by atoms with Crippen LogP contribution in [-0.4, -0.2) is 47.5 Å². The van der Waals surface area contributed by atoms with Crippen molar-refractivity contribution in [3.8, 4) is 0 Å². The van der Waals surface area contributed by atoms with E-state index in [9.17, 15) is 14.4 Å². The summed E-state index contributed by atoms with van der Waals surface area (Å²) >= 11 is 4.65. The average Bonchev–Trinajstić information content (AvgIpc) is 3.24. The number of carbonyl (C=O) groups excluding carboxylic acids is 3. The van der Waals surface area contributed by atoms with Crippen LogP contribution in [0.4, 0.5) is 11.4 Å². The first kappa shape index (κ1) is 20.0. The molecule has 29 heavy (non-hydrogen) atoms. The molecule has 150 valence electrons. The van der Waals surface area contributed by atoms with E-state index in [1.807, 2.05) is 36.4 Å². The average molecular weight is 474 g/mol. The molecule has 0 aliphatic carbocycles. The van der Waals surface area contributed by atoms with Crippen LogP contribution in [0.25, 0.3) is 0 Å². The summed E-state index contributed by atoms with van der Waals surface area (Å²) in [7, 11) is 0. The van der Waals surface area contributed by atoms with E-state index in [1.54, 1.807) is 17.0 Å². The number of hydrogen-bond acceptors (Lipinski definition) is 4. The number of thioether (sulfide) groups is 1. The van der Waals surface area contributed by atoms with Gasteiger partial charge in [-0.2, -0.15) is 0 Å². The summed E-state index contributed by atoms with van der Waals surface area (Å²) in [5.74, 6) is -0.815. The van der Waals surface area contributed by atoms with Gasteiger partial charge in [0.15, 0.2) is 5.25 Å². The Balaban J connectivity index is 1.56. The number of anilines is 2. The molecule has 2 heterocycles. The second-order valence-electron chi connectivity index (χ2n) is 6.98. The maximum absolute atomic E-state index is 13.2. The quantitative estimate of drug-likeness (QED) is 0.689. The zero-order valence-electron chi connectivity index (χ0n) is 15.6. The second kappa shape index (κ2) is 8.59. The fraction of sp³-hybridized carbons (Fsp3) is 0.286. The van der Waals surface area contributed by atoms with Crippen molar-refractivity contribution < 1.29 is 14.4 Å². The molecule has 0 bridgehead atoms. The van der Waals surface area contributed by atoms with Gasteiger partial charge < -0.3 is 15.1 Å². The van der Waals surface area contributed by atoms with Crippen molar-refractivity contribution in [1.29, 1.82) is 0 Å². The molecule has 0 saturated carbocycles. The summed E-state index contributed by atoms with van der Waals surface area (Å²) in [6.07, 6.45) is 1.93. The van der Waals surface area contributed by atoms with E-state index in [4.69, 9.17) is 0 Å². The molecule has 1 fully saturated rings. The molecule has 0 radical (unpaired) electrons. The van der Waals surface area contributed by atoms with E-state index < -0.39 is 5.25 Å². The highest BCUT2D eigenvalue weighted by molar-refractivity contribution is 9.10. The lowest BCUT2D eigenvalue weighted by atomic mass is 10.2. The van der Waals surface area contributed by atoms with Crippen LogP contribution in [0.2, 0.25) is 0 Å². The van der Waals surface area contributed by atoms with E-state index in [2.05, 4.69) is 21.2 Å². The summed E-state index contributed by atoms with van der Waals surface area (Å²) < 4.78 is 0.849. The molecule has 6 nitrogen and oxygen atoms in total. The van der Waals surface area contributed by atoms with Gasteiger partial charge in [0, 0.05) is 28.1 Å². The normalized spacial score (nSPS) is 18.5. The predicted octanol–water partition coefficient (Wildman–Crippen LogP) is 3.52. The van der Waals surface area contributed by atoms with Crippen molar-refractivity contribution in [2.24, 2.45) is 0 Å². The second-order valence-corrected chi connectivity index (χ2v) is 9.04. The number of fused-ring (bicyclic) bond motifs is 1. The number of halogens is 1. The van der Waals surface area contributed by atoms with Gasteiger partial charge in [0.25, 0.3) is 5.91 Å². The third kappa shape index (κ3) is 4.33. The van der Waals surface area contributed by atoms with Crippen LogP contribution in [0.1, 0.15) is 12.8 Å². The molecule has 0 spiro atoms. The monoisotopic (exact) mass is 473 g/mol. The Morgan fingerprint density at radius 2 is 1.86 bits per heavy atom. The van der Waals surface area contributed by atoms with Gasteiger partial charge >= 0.3 is 0 Å². The molecule has 1 N–H and O–H groups in total. The van der Waals surface area contributed by atoms with Gasteiger partial charge in [-0.05, 0) is 43.2 Å². The van der Waals surface area contributed by atoms with Gasteiger partial charge in [0.05, 0.1) is 5.69 Å². The molecular formula is C21H20BrN3O3S. The lowest BCUT2D eigenvalue weighted by Gasteiger charge is -2.34. The molecule has 2 aliphatic rings. The van der Waals surface area contributed by atoms with Crippen LogP contribution in [0.15, 0.2) is 57.9 Å². The maximum Gasteiger partial charge on any atom is 0.250 e. The molecule has 3 amide bonds. The summed E-state index contributed by atoms with van der Waals surface area (Å²) in [5, 5.41) is 1.97. The number of carbonyl (C=O) groups is 3. The fourth-order valence-electron chi connectivity index (χ4n) is 3.55. The molecule has 2 aliphatic heterocycles. The highest BCUT2D eigenvalue weighted by Crippen LogP contribution is 2.40. The molecule has 2 aromatic carbocycles. The first-order valence-electron chi connectivity index (χ1n) is 9.44. The van der Waals surface area contributed by atoms with E-state index >= 15 is 0 Å². The van der Waals surface area contributed by atoms with E-state index in [-0.39, 0.29) is 24.3 Å². The standard InChI is InChI=1S/C21H20BrN3O3S/c22-14-6-5-7-15(12-14)23-18(26)13-25-16-8-1-2-9-17(16)29-19(21(25)28)20(27)24-10-3-4-11-24/h1-2,5-9,12,19H,3-4,10-11,13H2,(H,23,26)/t19-/m1/s1. The van der Waals surface area contributed by atoms with Gasteiger partial charge in [-0.3, -0.25) is 14.4 Å². The van der Waals surface area contributed by atoms with Crippen molar-refractivity contribution in [2.45, 2.75) is 23.0 Å². The molecule has 8 heteroatoms. The van der Waals surface area contributed by atoms with E-state index in [0.29, 0.717) is 24.5 Å². The Kier molecular flexibility index (Phi) is 5.91. The number of benzene rings is 2. The topological polar surface area (TPSA) is 69.7 Å². The van der Waals surface area contributed by atoms with Gasteiger partial charge in [0.2, 0.25) is 11.8 Å². The third-order valence-corrected chi connectivity index (χ3v) is 6.67. The number of amides is 3. The predicted molar refractivity (Wildman–Crippen MR) is 117 cm³/mol. The Hall–Kier alpha value is -2.32. The third-order valence-electron chi connectivity index (χ3n) is 4.94. The van der Waals surface area contributed by atoms with Crippen molar-refractivity contribution in [1.82, 2.24) is 4.90 Å². The van der Waals surface area contributed by atoms with Crippen LogP contribution in [-0.2, 0) is 14.4 Å². The minimum atomic E-state index is -0.846. The van der Waals surface area contributed by atoms with Crippen LogP contribution in [0, 0.1) is 0 Å². The smallest absolute Gasteiger partial charge is 0.250 e. The highest BCUT2D eigenvalue weighted by atomic mass is 79.9. The first-order valence-corrected chi connectivity index (χ1v) is 11.1. The van der Waals surface area contributed by atoms with Crippen molar-refractivity contribution in [3.05, 3.63) is 53.0 Å². The summed E-state index contributed by atoms with van der Waals surface area (Å²) in [4.78, 5) is 42.8. The van der Waals surface area contributed by atoms with E-state index in [0.717, 1.165) is 22.2 Å². The number of rotatable bonds is 4. The Bertz CT molecular complexity index is 962. The molecule has 1 atom stereocenters. The number of likely N-dealkylation sites (tertiary alicyclic amines) is 1. The minimum Gasteiger partial charge on any atom is -0.341 e. The lowest BCUT2D eigenvalue weighted by molar-refractivity contribution is -0.134. The van der Waals surface area contributed by atoms with E-state index in [1.165, 1.54) is 16.7 Å². The summed E-state index contributed by atoms with van der Waals surface area (Å²) in [5.41, 5.74) is 1.30. The van der Waals surface area contributed by atoms with Crippen LogP contribution in [0.5, 0.6) is 0 Å². The molecule has 1 saturated heterocycles. The minimum absolute atomic E-state index is 0.146. The zero-order valence-corrected chi connectivity index (χ0v) is 18.0. The van der Waals surface area contributed by atoms with Gasteiger partial charge in [-0.1, -0.05) is 34.1 Å². The summed E-state index contributed by atoms with van der Waals surface area (Å²) in [6, 6.07) is 14.7. The largest absolute Gasteiger partial charge is 0.341 e. The molecule has 2 aromatic rings. The number of para-hydroxylation sites is 1. The SMILES string of the molecule is O=C(CN1C(=O)[C@@H](C(=O)N2CCCC2)Sc2ccccc21)Nc1cccc(Br)c1. The highest BCUT2D eigenvalue weighted by Gasteiger charge is 2.41. The number of hydrogen-bond donors (Lipinski definition) is 1. The Morgan fingerprint density at radius 3 is 2.62 bits per heavy atom. The first-order chi connectivity index (χ1) is 14.0. The fourth-order valence-corrected chi connectivity index (χ4v) is 5.14. The molecule has 0 unspecified atom stereocenters. The molecule has 4 rings (SSSR count). The molecule has 0 aromatic heterocycles. The summed E-state index contributed by atoms with van der Waals surface area (Å²) in [6.45, 7) is 1.23. The maximum atomic E-state index is 13.2. The Morgan fingerprint density at radius 1 is 1.10 bits per heavy atom. The van der Waals surface area contributed by atoms with Gasteiger partial charge in [-0.15, -0.1) is 11.8 Å². The zero-order chi connectivity index (χ0) is 20.4.